The molecule has 0 aromatic heterocycles. The Hall–Kier alpha value is -5.42. The molecule has 1 saturated carbocycles. The summed E-state index contributed by atoms with van der Waals surface area (Å²) in [4.78, 5) is 58.8. The number of amides is 2. The lowest BCUT2D eigenvalue weighted by atomic mass is 10.1. The average molecular weight is 802 g/mol. The Bertz CT molecular complexity index is 2000. The molecule has 3 aromatic carbocycles. The molecule has 5 rings (SSSR count). The minimum atomic E-state index is -4.61. The summed E-state index contributed by atoms with van der Waals surface area (Å²) < 4.78 is 77.8. The van der Waals surface area contributed by atoms with Crippen LogP contribution < -0.4 is 14.4 Å². The van der Waals surface area contributed by atoms with Gasteiger partial charge in [-0.15, -0.1) is 0 Å². The van der Waals surface area contributed by atoms with Crippen molar-refractivity contribution in [1.29, 1.82) is 0 Å². The van der Waals surface area contributed by atoms with Crippen LogP contribution in [0, 0.1) is 15.9 Å². The Morgan fingerprint density at radius 3 is 2.22 bits per heavy atom. The molecule has 19 heteroatoms. The number of nitro benzene ring substituents is 1. The SMILES string of the molecule is CC(C)=C1OC(=O)N(c2cc(OC3CCCC3)c(Cl)cc2F)C1=O.CCOC(=O)COC(=O)c1cc(Oc2ccc(C(F)(F)F)cc2Cl)ccc1[N+](=O)[O-]. The smallest absolute Gasteiger partial charge is 0.427 e. The van der Waals surface area contributed by atoms with Gasteiger partial charge in [-0.25, -0.2) is 23.7 Å². The van der Waals surface area contributed by atoms with Crippen molar-refractivity contribution in [3.05, 3.63) is 97.0 Å². The molecule has 2 fully saturated rings. The summed E-state index contributed by atoms with van der Waals surface area (Å²) in [5.74, 6) is -3.68. The molecular formula is C35H30Cl2F4N2O11. The average Bonchev–Trinajstić information content (AvgIpc) is 3.72. The quantitative estimate of drug-likeness (QED) is 0.0480. The number of cyclic esters (lactones) is 1. The van der Waals surface area contributed by atoms with Crippen LogP contribution in [-0.2, 0) is 30.0 Å². The van der Waals surface area contributed by atoms with E-state index in [0.29, 0.717) is 16.5 Å². The van der Waals surface area contributed by atoms with Gasteiger partial charge in [0.05, 0.1) is 38.9 Å². The Labute approximate surface area is 314 Å². The monoisotopic (exact) mass is 800 g/mol. The van der Waals surface area contributed by atoms with Crippen LogP contribution in [0.25, 0.3) is 0 Å². The fourth-order valence-electron chi connectivity index (χ4n) is 5.04. The minimum Gasteiger partial charge on any atom is -0.489 e. The minimum absolute atomic E-state index is 0.00962. The molecule has 0 N–H and O–H groups in total. The normalized spacial score (nSPS) is 14.2. The summed E-state index contributed by atoms with van der Waals surface area (Å²) in [5.41, 5.74) is -1.85. The van der Waals surface area contributed by atoms with E-state index in [2.05, 4.69) is 4.74 Å². The number of imide groups is 1. The third kappa shape index (κ3) is 10.2. The number of ether oxygens (including phenoxy) is 5. The van der Waals surface area contributed by atoms with E-state index in [1.54, 1.807) is 13.8 Å². The Morgan fingerprint density at radius 2 is 1.65 bits per heavy atom. The predicted molar refractivity (Wildman–Crippen MR) is 183 cm³/mol. The zero-order valence-corrected chi connectivity index (χ0v) is 30.1. The first kappa shape index (κ1) is 41.3. The lowest BCUT2D eigenvalue weighted by Gasteiger charge is -2.18. The fourth-order valence-corrected chi connectivity index (χ4v) is 5.46. The molecule has 0 bridgehead atoms. The van der Waals surface area contributed by atoms with Crippen molar-refractivity contribution < 1.29 is 65.3 Å². The standard InChI is InChI=1S/C18H13ClF3NO7.C17H17ClFNO4/c1-2-28-16(24)9-29-17(25)12-8-11(4-5-14(12)23(26)27)30-15-6-3-10(7-13(15)19)18(20,21)22;1-9(2)15-16(21)20(17(22)24-15)13-8-14(11(18)7-12(13)19)23-10-5-3-4-6-10/h3-8H,2,9H2,1H3;7-8,10H,3-6H2,1-2H3. The predicted octanol–water partition coefficient (Wildman–Crippen LogP) is 9.36. The number of rotatable bonds is 10. The first-order valence-corrected chi connectivity index (χ1v) is 16.7. The van der Waals surface area contributed by atoms with Gasteiger partial charge in [-0.05, 0) is 82.4 Å². The van der Waals surface area contributed by atoms with Crippen molar-refractivity contribution >= 4 is 58.5 Å². The number of carbonyl (C=O) groups is 4. The number of alkyl halides is 3. The number of esters is 2. The summed E-state index contributed by atoms with van der Waals surface area (Å²) in [6.45, 7) is 4.10. The maximum atomic E-state index is 14.3. The molecule has 0 spiro atoms. The molecule has 2 aliphatic rings. The molecule has 13 nitrogen and oxygen atoms in total. The zero-order valence-electron chi connectivity index (χ0n) is 28.6. The van der Waals surface area contributed by atoms with Gasteiger partial charge in [0.2, 0.25) is 0 Å². The van der Waals surface area contributed by atoms with Gasteiger partial charge in [0, 0.05) is 18.2 Å². The van der Waals surface area contributed by atoms with Gasteiger partial charge in [0.25, 0.3) is 5.69 Å². The number of nitro groups is 1. The second-order valence-electron chi connectivity index (χ2n) is 11.7. The number of carbonyl (C=O) groups excluding carboxylic acids is 4. The van der Waals surface area contributed by atoms with E-state index in [1.165, 1.54) is 13.0 Å². The number of anilines is 1. The number of halogens is 6. The molecule has 1 heterocycles. The second kappa shape index (κ2) is 17.6. The van der Waals surface area contributed by atoms with Gasteiger partial charge in [0.1, 0.15) is 28.6 Å². The van der Waals surface area contributed by atoms with E-state index in [0.717, 1.165) is 62.1 Å². The first-order chi connectivity index (χ1) is 25.4. The zero-order chi connectivity index (χ0) is 39.9. The van der Waals surface area contributed by atoms with Gasteiger partial charge < -0.3 is 23.7 Å². The van der Waals surface area contributed by atoms with Crippen LogP contribution in [0.5, 0.6) is 17.2 Å². The molecule has 2 amide bonds. The maximum Gasteiger partial charge on any atom is 0.427 e. The van der Waals surface area contributed by atoms with Crippen LogP contribution in [0.2, 0.25) is 10.0 Å². The van der Waals surface area contributed by atoms with Crippen molar-refractivity contribution in [3.63, 3.8) is 0 Å². The van der Waals surface area contributed by atoms with Gasteiger partial charge in [-0.1, -0.05) is 23.2 Å². The van der Waals surface area contributed by atoms with Crippen molar-refractivity contribution in [3.8, 4) is 17.2 Å². The highest BCUT2D eigenvalue weighted by Gasteiger charge is 2.40. The van der Waals surface area contributed by atoms with Crippen LogP contribution >= 0.6 is 23.2 Å². The second-order valence-corrected chi connectivity index (χ2v) is 12.5. The van der Waals surface area contributed by atoms with Crippen LogP contribution in [0.15, 0.2) is 59.9 Å². The van der Waals surface area contributed by atoms with Crippen LogP contribution in [0.4, 0.5) is 33.7 Å². The maximum absolute atomic E-state index is 14.3. The number of hydrogen-bond donors (Lipinski definition) is 0. The highest BCUT2D eigenvalue weighted by atomic mass is 35.5. The summed E-state index contributed by atoms with van der Waals surface area (Å²) in [5, 5.41) is 10.9. The van der Waals surface area contributed by atoms with E-state index < -0.39 is 64.3 Å². The summed E-state index contributed by atoms with van der Waals surface area (Å²) in [6.07, 6.45) is -1.61. The lowest BCUT2D eigenvalue weighted by Crippen LogP contribution is -2.29. The first-order valence-electron chi connectivity index (χ1n) is 16.0. The molecule has 1 aliphatic carbocycles. The van der Waals surface area contributed by atoms with Crippen molar-refractivity contribution in [2.24, 2.45) is 0 Å². The molecule has 1 saturated heterocycles. The van der Waals surface area contributed by atoms with E-state index >= 15 is 0 Å². The number of benzene rings is 3. The summed E-state index contributed by atoms with van der Waals surface area (Å²) in [7, 11) is 0. The molecule has 0 unspecified atom stereocenters. The van der Waals surface area contributed by atoms with Crippen LogP contribution in [0.3, 0.4) is 0 Å². The van der Waals surface area contributed by atoms with E-state index in [1.807, 2.05) is 0 Å². The molecular weight excluding hydrogens is 771 g/mol. The number of hydrogen-bond acceptors (Lipinski definition) is 11. The van der Waals surface area contributed by atoms with E-state index in [9.17, 15) is 46.9 Å². The Balaban J connectivity index is 0.000000246. The largest absolute Gasteiger partial charge is 0.489 e. The highest BCUT2D eigenvalue weighted by molar-refractivity contribution is 6.32. The molecule has 0 radical (unpaired) electrons. The van der Waals surface area contributed by atoms with Crippen molar-refractivity contribution in [1.82, 2.24) is 0 Å². The van der Waals surface area contributed by atoms with Gasteiger partial charge in [-0.2, -0.15) is 13.2 Å². The van der Waals surface area contributed by atoms with Gasteiger partial charge in [-0.3, -0.25) is 14.9 Å². The molecule has 3 aromatic rings. The van der Waals surface area contributed by atoms with Gasteiger partial charge in [0.15, 0.2) is 12.4 Å². The molecule has 54 heavy (non-hydrogen) atoms. The fraction of sp³-hybridized carbons (Fsp3) is 0.314. The third-order valence-electron chi connectivity index (χ3n) is 7.56. The van der Waals surface area contributed by atoms with E-state index in [4.69, 9.17) is 42.1 Å². The number of allylic oxidation sites excluding steroid dienone is 1. The summed E-state index contributed by atoms with van der Waals surface area (Å²) >= 11 is 11.9. The van der Waals surface area contributed by atoms with Gasteiger partial charge >= 0.3 is 30.1 Å². The Morgan fingerprint density at radius 1 is 0.981 bits per heavy atom. The van der Waals surface area contributed by atoms with Crippen LogP contribution in [0.1, 0.15) is 62.4 Å². The lowest BCUT2D eigenvalue weighted by molar-refractivity contribution is -0.385. The molecule has 0 atom stereocenters. The summed E-state index contributed by atoms with van der Waals surface area (Å²) in [6, 6.07) is 7.68. The van der Waals surface area contributed by atoms with Crippen molar-refractivity contribution in [2.75, 3.05) is 18.1 Å². The third-order valence-corrected chi connectivity index (χ3v) is 8.15. The van der Waals surface area contributed by atoms with Crippen LogP contribution in [-0.4, -0.2) is 48.2 Å². The van der Waals surface area contributed by atoms with Crippen molar-refractivity contribution in [2.45, 2.75) is 58.7 Å². The molecule has 288 valence electrons. The molecule has 1 aliphatic heterocycles. The Kier molecular flexibility index (Phi) is 13.5. The highest BCUT2D eigenvalue weighted by Crippen LogP contribution is 2.39. The van der Waals surface area contributed by atoms with E-state index in [-0.39, 0.29) is 51.5 Å². The topological polar surface area (TPSA) is 161 Å². The number of nitrogens with zero attached hydrogens (tertiary/aromatic N) is 2.